The summed E-state index contributed by atoms with van der Waals surface area (Å²) in [7, 11) is 0. The zero-order chi connectivity index (χ0) is 12.7. The van der Waals surface area contributed by atoms with E-state index in [1.165, 1.54) is 0 Å². The minimum Gasteiger partial charge on any atom is -0.367 e. The smallest absolute Gasteiger partial charge is 0.221 e. The zero-order valence-corrected chi connectivity index (χ0v) is 9.59. The Bertz CT molecular complexity index is 385. The van der Waals surface area contributed by atoms with Crippen LogP contribution in [0.15, 0.2) is 12.3 Å². The van der Waals surface area contributed by atoms with Crippen molar-refractivity contribution in [2.45, 2.75) is 19.8 Å². The number of nitrogens with one attached hydrogen (secondary N) is 2. The van der Waals surface area contributed by atoms with Crippen LogP contribution in [-0.2, 0) is 4.79 Å². The molecule has 0 unspecified atom stereocenters. The van der Waals surface area contributed by atoms with Crippen molar-refractivity contribution in [3.05, 3.63) is 23.9 Å². The van der Waals surface area contributed by atoms with E-state index >= 15 is 0 Å². The van der Waals surface area contributed by atoms with Crippen molar-refractivity contribution >= 4 is 11.7 Å². The molecule has 2 N–H and O–H groups in total. The number of halogens is 2. The Balaban J connectivity index is 2.33. The van der Waals surface area contributed by atoms with Gasteiger partial charge in [0.05, 0.1) is 6.20 Å². The molecule has 1 heterocycles. The molecule has 0 aromatic carbocycles. The quantitative estimate of drug-likeness (QED) is 0.799. The molecule has 0 saturated heterocycles. The second-order valence-electron chi connectivity index (χ2n) is 3.51. The van der Waals surface area contributed by atoms with Gasteiger partial charge in [-0.05, 0) is 6.42 Å². The van der Waals surface area contributed by atoms with Gasteiger partial charge in [-0.3, -0.25) is 4.79 Å². The summed E-state index contributed by atoms with van der Waals surface area (Å²) >= 11 is 0. The van der Waals surface area contributed by atoms with Crippen LogP contribution >= 0.6 is 0 Å². The summed E-state index contributed by atoms with van der Waals surface area (Å²) in [5.41, 5.74) is 0. The van der Waals surface area contributed by atoms with E-state index in [1.807, 2.05) is 6.92 Å². The fourth-order valence-electron chi connectivity index (χ4n) is 1.19. The molecule has 0 bridgehead atoms. The first-order valence-electron chi connectivity index (χ1n) is 5.45. The van der Waals surface area contributed by atoms with Crippen molar-refractivity contribution in [2.24, 2.45) is 0 Å². The first kappa shape index (κ1) is 13.3. The topological polar surface area (TPSA) is 54.0 Å². The minimum atomic E-state index is -0.765. The molecule has 0 saturated carbocycles. The third-order valence-corrected chi connectivity index (χ3v) is 2.02. The highest BCUT2D eigenvalue weighted by atomic mass is 19.1. The highest BCUT2D eigenvalue weighted by Gasteiger charge is 2.05. The van der Waals surface area contributed by atoms with Gasteiger partial charge >= 0.3 is 0 Å². The molecule has 1 aromatic rings. The standard InChI is InChI=1S/C11H15F2N3O/c1-2-4-14-10(17)3-5-15-11-9(13)6-8(12)7-16-11/h6-7H,2-5H2,1H3,(H,14,17)(H,15,16). The van der Waals surface area contributed by atoms with E-state index in [-0.39, 0.29) is 24.7 Å². The van der Waals surface area contributed by atoms with Crippen molar-refractivity contribution < 1.29 is 13.6 Å². The Morgan fingerprint density at radius 2 is 2.18 bits per heavy atom. The van der Waals surface area contributed by atoms with Gasteiger partial charge < -0.3 is 10.6 Å². The maximum Gasteiger partial charge on any atom is 0.221 e. The minimum absolute atomic E-state index is 0.0466. The summed E-state index contributed by atoms with van der Waals surface area (Å²) in [5.74, 6) is -1.65. The molecule has 4 nitrogen and oxygen atoms in total. The molecular formula is C11H15F2N3O. The predicted molar refractivity (Wildman–Crippen MR) is 60.6 cm³/mol. The summed E-state index contributed by atoms with van der Waals surface area (Å²) in [6, 6.07) is 0.743. The van der Waals surface area contributed by atoms with Gasteiger partial charge in [-0.25, -0.2) is 13.8 Å². The number of carbonyl (C=O) groups is 1. The van der Waals surface area contributed by atoms with Crippen LogP contribution in [0.25, 0.3) is 0 Å². The summed E-state index contributed by atoms with van der Waals surface area (Å²) in [5, 5.41) is 5.32. The predicted octanol–water partition coefficient (Wildman–Crippen LogP) is 1.69. The molecule has 0 fully saturated rings. The number of pyridine rings is 1. The molecule has 1 amide bonds. The lowest BCUT2D eigenvalue weighted by Crippen LogP contribution is -2.26. The molecule has 0 aliphatic rings. The van der Waals surface area contributed by atoms with E-state index in [1.54, 1.807) is 0 Å². The molecule has 17 heavy (non-hydrogen) atoms. The average Bonchev–Trinajstić information content (AvgIpc) is 2.29. The number of rotatable bonds is 6. The van der Waals surface area contributed by atoms with Crippen LogP contribution in [-0.4, -0.2) is 24.0 Å². The SMILES string of the molecule is CCCNC(=O)CCNc1ncc(F)cc1F. The van der Waals surface area contributed by atoms with Gasteiger partial charge in [-0.1, -0.05) is 6.92 Å². The Labute approximate surface area is 98.4 Å². The fraction of sp³-hybridized carbons (Fsp3) is 0.455. The van der Waals surface area contributed by atoms with Crippen LogP contribution in [0.3, 0.4) is 0 Å². The molecular weight excluding hydrogens is 228 g/mol. The Kier molecular flexibility index (Phi) is 5.32. The molecule has 0 atom stereocenters. The lowest BCUT2D eigenvalue weighted by Gasteiger charge is -2.06. The van der Waals surface area contributed by atoms with E-state index in [0.717, 1.165) is 18.7 Å². The second-order valence-corrected chi connectivity index (χ2v) is 3.51. The Morgan fingerprint density at radius 1 is 1.41 bits per heavy atom. The molecule has 0 aliphatic heterocycles. The maximum absolute atomic E-state index is 13.1. The van der Waals surface area contributed by atoms with Crippen LogP contribution in [0.5, 0.6) is 0 Å². The van der Waals surface area contributed by atoms with Crippen LogP contribution in [0.4, 0.5) is 14.6 Å². The van der Waals surface area contributed by atoms with Gasteiger partial charge in [0.25, 0.3) is 0 Å². The van der Waals surface area contributed by atoms with E-state index in [4.69, 9.17) is 0 Å². The van der Waals surface area contributed by atoms with Crippen molar-refractivity contribution in [3.63, 3.8) is 0 Å². The van der Waals surface area contributed by atoms with Crippen LogP contribution in [0.2, 0.25) is 0 Å². The molecule has 1 rings (SSSR count). The van der Waals surface area contributed by atoms with E-state index in [9.17, 15) is 13.6 Å². The van der Waals surface area contributed by atoms with Crippen molar-refractivity contribution in [2.75, 3.05) is 18.4 Å². The average molecular weight is 243 g/mol. The number of aromatic nitrogens is 1. The number of nitrogens with zero attached hydrogens (tertiary/aromatic N) is 1. The van der Waals surface area contributed by atoms with Gasteiger partial charge in [-0.15, -0.1) is 0 Å². The van der Waals surface area contributed by atoms with Gasteiger partial charge in [0.2, 0.25) is 5.91 Å². The van der Waals surface area contributed by atoms with E-state index in [0.29, 0.717) is 6.54 Å². The second kappa shape index (κ2) is 6.78. The maximum atomic E-state index is 13.1. The van der Waals surface area contributed by atoms with Gasteiger partial charge in [0, 0.05) is 25.6 Å². The van der Waals surface area contributed by atoms with Crippen LogP contribution in [0, 0.1) is 11.6 Å². The summed E-state index contributed by atoms with van der Waals surface area (Å²) in [6.45, 7) is 2.84. The lowest BCUT2D eigenvalue weighted by molar-refractivity contribution is -0.120. The van der Waals surface area contributed by atoms with Gasteiger partial charge in [-0.2, -0.15) is 0 Å². The largest absolute Gasteiger partial charge is 0.367 e. The third kappa shape index (κ3) is 4.76. The summed E-state index contributed by atoms with van der Waals surface area (Å²) in [6.07, 6.45) is 2.01. The van der Waals surface area contributed by atoms with Crippen molar-refractivity contribution in [1.82, 2.24) is 10.3 Å². The molecule has 1 aromatic heterocycles. The molecule has 6 heteroatoms. The normalized spacial score (nSPS) is 10.1. The number of hydrogen-bond acceptors (Lipinski definition) is 3. The van der Waals surface area contributed by atoms with Gasteiger partial charge in [0.1, 0.15) is 5.82 Å². The molecule has 0 spiro atoms. The monoisotopic (exact) mass is 243 g/mol. The number of carbonyl (C=O) groups excluding carboxylic acids is 1. The lowest BCUT2D eigenvalue weighted by atomic mass is 10.3. The van der Waals surface area contributed by atoms with Gasteiger partial charge in [0.15, 0.2) is 11.6 Å². The van der Waals surface area contributed by atoms with Crippen molar-refractivity contribution in [1.29, 1.82) is 0 Å². The molecule has 94 valence electrons. The number of anilines is 1. The van der Waals surface area contributed by atoms with Crippen LogP contribution in [0.1, 0.15) is 19.8 Å². The molecule has 0 aliphatic carbocycles. The summed E-state index contributed by atoms with van der Waals surface area (Å²) in [4.78, 5) is 14.7. The third-order valence-electron chi connectivity index (χ3n) is 2.02. The first-order valence-corrected chi connectivity index (χ1v) is 5.45. The number of amides is 1. The first-order chi connectivity index (χ1) is 8.13. The zero-order valence-electron chi connectivity index (χ0n) is 9.59. The van der Waals surface area contributed by atoms with E-state index < -0.39 is 11.6 Å². The van der Waals surface area contributed by atoms with E-state index in [2.05, 4.69) is 15.6 Å². The molecule has 0 radical (unpaired) electrons. The van der Waals surface area contributed by atoms with Crippen molar-refractivity contribution in [3.8, 4) is 0 Å². The summed E-state index contributed by atoms with van der Waals surface area (Å²) < 4.78 is 25.7. The highest BCUT2D eigenvalue weighted by Crippen LogP contribution is 2.10. The number of hydrogen-bond donors (Lipinski definition) is 2. The Hall–Kier alpha value is -1.72. The fourth-order valence-corrected chi connectivity index (χ4v) is 1.19. The highest BCUT2D eigenvalue weighted by molar-refractivity contribution is 5.76. The van der Waals surface area contributed by atoms with Crippen LogP contribution < -0.4 is 10.6 Å². The Morgan fingerprint density at radius 3 is 2.82 bits per heavy atom.